The molecule has 0 aromatic carbocycles. The second-order valence-electron chi connectivity index (χ2n) is 9.63. The van der Waals surface area contributed by atoms with Gasteiger partial charge < -0.3 is 8.85 Å². The van der Waals surface area contributed by atoms with Crippen LogP contribution in [0.2, 0.25) is 36.3 Å². The van der Waals surface area contributed by atoms with E-state index in [1.807, 2.05) is 0 Å². The predicted molar refractivity (Wildman–Crippen MR) is 100 cm³/mol. The van der Waals surface area contributed by atoms with Crippen molar-refractivity contribution in [2.24, 2.45) is 5.92 Å². The van der Waals surface area contributed by atoms with E-state index in [-0.39, 0.29) is 16.2 Å². The van der Waals surface area contributed by atoms with Gasteiger partial charge in [-0.1, -0.05) is 48.5 Å². The van der Waals surface area contributed by atoms with Crippen molar-refractivity contribution in [3.63, 3.8) is 0 Å². The van der Waals surface area contributed by atoms with Crippen LogP contribution in [0.5, 0.6) is 0 Å². The molecule has 2 atom stereocenters. The molecule has 0 N–H and O–H groups in total. The van der Waals surface area contributed by atoms with E-state index in [1.54, 1.807) is 0 Å². The van der Waals surface area contributed by atoms with Crippen molar-refractivity contribution >= 4 is 16.6 Å². The van der Waals surface area contributed by atoms with Crippen molar-refractivity contribution in [1.82, 2.24) is 0 Å². The first-order valence-corrected chi connectivity index (χ1v) is 14.1. The third-order valence-electron chi connectivity index (χ3n) is 5.60. The summed E-state index contributed by atoms with van der Waals surface area (Å²) in [7, 11) is -3.34. The smallest absolute Gasteiger partial charge is 0.192 e. The summed E-state index contributed by atoms with van der Waals surface area (Å²) in [6, 6.07) is 0. The van der Waals surface area contributed by atoms with Gasteiger partial charge in [0.2, 0.25) is 0 Å². The van der Waals surface area contributed by atoms with Gasteiger partial charge in [0.1, 0.15) is 0 Å². The summed E-state index contributed by atoms with van der Waals surface area (Å²) in [6.45, 7) is 28.3. The summed E-state index contributed by atoms with van der Waals surface area (Å²) in [5.74, 6) is 0.438. The molecular weight excluding hydrogens is 292 g/mol. The molecule has 2 nitrogen and oxygen atoms in total. The third-order valence-corrected chi connectivity index (χ3v) is 14.7. The molecule has 0 aliphatic rings. The topological polar surface area (TPSA) is 18.5 Å². The number of hydrogen-bond acceptors (Lipinski definition) is 2. The zero-order chi connectivity index (χ0) is 17.3. The second kappa shape index (κ2) is 6.85. The van der Waals surface area contributed by atoms with Crippen molar-refractivity contribution < 1.29 is 8.85 Å². The summed E-state index contributed by atoms with van der Waals surface area (Å²) >= 11 is 0. The van der Waals surface area contributed by atoms with E-state index in [9.17, 15) is 0 Å². The Morgan fingerprint density at radius 3 is 1.48 bits per heavy atom. The Balaban J connectivity index is 4.59. The lowest BCUT2D eigenvalue weighted by molar-refractivity contribution is 0.101. The van der Waals surface area contributed by atoms with Crippen LogP contribution >= 0.6 is 0 Å². The monoisotopic (exact) mass is 332 g/mol. The molecule has 0 aliphatic carbocycles. The number of rotatable bonds is 6. The van der Waals surface area contributed by atoms with E-state index < -0.39 is 16.6 Å². The van der Waals surface area contributed by atoms with E-state index in [0.29, 0.717) is 5.92 Å². The maximum absolute atomic E-state index is 6.49. The Labute approximate surface area is 136 Å². The van der Waals surface area contributed by atoms with Crippen LogP contribution in [0.25, 0.3) is 0 Å². The highest BCUT2D eigenvalue weighted by atomic mass is 28.4. The summed E-state index contributed by atoms with van der Waals surface area (Å²) in [6.07, 6.45) is 0.260. The molecule has 0 unspecified atom stereocenters. The SMILES string of the molecule is C[C@H](O[Si](C)(C)C(C)(C)C)[C@@H](C)CO[Si](C)(C)C(C)(C)C. The average molecular weight is 333 g/mol. The summed E-state index contributed by atoms with van der Waals surface area (Å²) in [4.78, 5) is 0. The summed E-state index contributed by atoms with van der Waals surface area (Å²) < 4.78 is 12.8. The van der Waals surface area contributed by atoms with Gasteiger partial charge in [0, 0.05) is 18.6 Å². The Hall–Kier alpha value is 0.354. The van der Waals surface area contributed by atoms with E-state index in [2.05, 4.69) is 81.6 Å². The van der Waals surface area contributed by atoms with Crippen LogP contribution in [0.1, 0.15) is 55.4 Å². The highest BCUT2D eigenvalue weighted by Crippen LogP contribution is 2.39. The molecule has 4 heteroatoms. The molecule has 0 aliphatic heterocycles. The molecule has 0 rings (SSSR count). The lowest BCUT2D eigenvalue weighted by atomic mass is 10.1. The number of hydrogen-bond donors (Lipinski definition) is 0. The first-order valence-electron chi connectivity index (χ1n) is 8.33. The first-order chi connectivity index (χ1) is 9.01. The van der Waals surface area contributed by atoms with Crippen molar-refractivity contribution in [2.75, 3.05) is 6.61 Å². The van der Waals surface area contributed by atoms with E-state index in [1.165, 1.54) is 0 Å². The normalized spacial score (nSPS) is 17.7. The molecule has 0 radical (unpaired) electrons. The molecule has 0 aromatic heterocycles. The van der Waals surface area contributed by atoms with Crippen LogP contribution in [0.3, 0.4) is 0 Å². The molecule has 0 amide bonds. The molecule has 128 valence electrons. The average Bonchev–Trinajstić information content (AvgIpc) is 2.21. The molecule has 21 heavy (non-hydrogen) atoms. The molecule has 0 fully saturated rings. The lowest BCUT2D eigenvalue weighted by Gasteiger charge is -2.41. The fraction of sp³-hybridized carbons (Fsp3) is 1.00. The Kier molecular flexibility index (Phi) is 6.97. The van der Waals surface area contributed by atoms with Gasteiger partial charge in [-0.15, -0.1) is 0 Å². The van der Waals surface area contributed by atoms with Gasteiger partial charge in [-0.3, -0.25) is 0 Å². The molecule has 0 saturated carbocycles. The van der Waals surface area contributed by atoms with Gasteiger partial charge in [0.05, 0.1) is 0 Å². The van der Waals surface area contributed by atoms with Gasteiger partial charge >= 0.3 is 0 Å². The van der Waals surface area contributed by atoms with Gasteiger partial charge in [-0.05, 0) is 43.2 Å². The molecule has 0 bridgehead atoms. The molecule has 0 spiro atoms. The van der Waals surface area contributed by atoms with Crippen molar-refractivity contribution in [3.05, 3.63) is 0 Å². The Morgan fingerprint density at radius 2 is 1.14 bits per heavy atom. The van der Waals surface area contributed by atoms with Crippen molar-refractivity contribution in [1.29, 1.82) is 0 Å². The Morgan fingerprint density at radius 1 is 0.762 bits per heavy atom. The highest BCUT2D eigenvalue weighted by molar-refractivity contribution is 6.74. The van der Waals surface area contributed by atoms with Gasteiger partial charge in [-0.2, -0.15) is 0 Å². The highest BCUT2D eigenvalue weighted by Gasteiger charge is 2.40. The quantitative estimate of drug-likeness (QED) is 0.551. The largest absolute Gasteiger partial charge is 0.416 e. The van der Waals surface area contributed by atoms with Crippen LogP contribution in [0, 0.1) is 5.92 Å². The Bertz CT molecular complexity index is 325. The fourth-order valence-electron chi connectivity index (χ4n) is 1.45. The molecule has 0 aromatic rings. The van der Waals surface area contributed by atoms with Crippen LogP contribution in [-0.2, 0) is 8.85 Å². The standard InChI is InChI=1S/C17H40O2Si2/c1-14(13-18-20(9,10)16(3,4)5)15(2)19-21(11,12)17(6,7)8/h14-15H,13H2,1-12H3/t14-,15-/m0/s1. The van der Waals surface area contributed by atoms with E-state index in [4.69, 9.17) is 8.85 Å². The minimum Gasteiger partial charge on any atom is -0.416 e. The molecular formula is C17H40O2Si2. The lowest BCUT2D eigenvalue weighted by Crippen LogP contribution is -2.46. The fourth-order valence-corrected chi connectivity index (χ4v) is 4.08. The summed E-state index contributed by atoms with van der Waals surface area (Å²) in [5.41, 5.74) is 0. The van der Waals surface area contributed by atoms with E-state index in [0.717, 1.165) is 6.61 Å². The molecule has 0 heterocycles. The van der Waals surface area contributed by atoms with Gasteiger partial charge in [0.25, 0.3) is 0 Å². The van der Waals surface area contributed by atoms with Crippen LogP contribution < -0.4 is 0 Å². The minimum absolute atomic E-state index is 0.260. The minimum atomic E-state index is -1.69. The third kappa shape index (κ3) is 6.16. The first kappa shape index (κ1) is 21.4. The predicted octanol–water partition coefficient (Wildman–Crippen LogP) is 6.05. The maximum Gasteiger partial charge on any atom is 0.192 e. The van der Waals surface area contributed by atoms with Crippen molar-refractivity contribution in [3.8, 4) is 0 Å². The zero-order valence-corrected chi connectivity index (χ0v) is 18.7. The van der Waals surface area contributed by atoms with Crippen LogP contribution in [-0.4, -0.2) is 29.3 Å². The maximum atomic E-state index is 6.49. The van der Waals surface area contributed by atoms with Gasteiger partial charge in [0.15, 0.2) is 16.6 Å². The zero-order valence-electron chi connectivity index (χ0n) is 16.7. The van der Waals surface area contributed by atoms with Crippen molar-refractivity contribution in [2.45, 2.75) is 97.8 Å². The second-order valence-corrected chi connectivity index (χ2v) is 19.2. The van der Waals surface area contributed by atoms with Crippen LogP contribution in [0.4, 0.5) is 0 Å². The van der Waals surface area contributed by atoms with Gasteiger partial charge in [-0.25, -0.2) is 0 Å². The molecule has 0 saturated heterocycles. The summed E-state index contributed by atoms with van der Waals surface area (Å²) in [5, 5.41) is 0.539. The van der Waals surface area contributed by atoms with Crippen LogP contribution in [0.15, 0.2) is 0 Å². The van der Waals surface area contributed by atoms with E-state index >= 15 is 0 Å².